The fourth-order valence-corrected chi connectivity index (χ4v) is 2.67. The van der Waals surface area contributed by atoms with Gasteiger partial charge in [0.1, 0.15) is 12.2 Å². The molecule has 2 aliphatic heterocycles. The molecule has 1 atom stereocenters. The van der Waals surface area contributed by atoms with Crippen LogP contribution in [0, 0.1) is 12.3 Å². The Hall–Kier alpha value is -2.23. The quantitative estimate of drug-likeness (QED) is 0.806. The van der Waals surface area contributed by atoms with E-state index < -0.39 is 5.66 Å². The summed E-state index contributed by atoms with van der Waals surface area (Å²) in [6.07, 6.45) is 11.1. The first-order chi connectivity index (χ1) is 10.2. The van der Waals surface area contributed by atoms with Crippen LogP contribution in [0.1, 0.15) is 50.4 Å². The molecule has 21 heavy (non-hydrogen) atoms. The molecule has 7 heteroatoms. The number of terminal acetylenes is 1. The summed E-state index contributed by atoms with van der Waals surface area (Å²) in [5.74, 6) is 3.44. The van der Waals surface area contributed by atoms with Gasteiger partial charge in [0.05, 0.1) is 6.04 Å². The number of carbonyl (C=O) groups is 1. The predicted octanol–water partition coefficient (Wildman–Crippen LogP) is 1.58. The molecule has 0 saturated heterocycles. The molecule has 0 fully saturated rings. The molecule has 0 bridgehead atoms. The van der Waals surface area contributed by atoms with Crippen LogP contribution in [-0.2, 0) is 11.3 Å². The highest BCUT2D eigenvalue weighted by molar-refractivity contribution is 5.76. The van der Waals surface area contributed by atoms with Crippen LogP contribution in [0.2, 0.25) is 0 Å². The third-order valence-corrected chi connectivity index (χ3v) is 3.96. The average molecular weight is 286 g/mol. The Bertz CT molecular complexity index is 593. The van der Waals surface area contributed by atoms with Gasteiger partial charge in [-0.15, -0.1) is 12.3 Å². The molecule has 0 aliphatic carbocycles. The van der Waals surface area contributed by atoms with E-state index in [1.807, 2.05) is 4.68 Å². The number of nitrogens with one attached hydrogen (secondary N) is 1. The van der Waals surface area contributed by atoms with Crippen LogP contribution in [0.4, 0.5) is 0 Å². The zero-order valence-corrected chi connectivity index (χ0v) is 11.8. The molecule has 1 aromatic rings. The maximum absolute atomic E-state index is 12.1. The van der Waals surface area contributed by atoms with Gasteiger partial charge in [-0.3, -0.25) is 4.79 Å². The van der Waals surface area contributed by atoms with Gasteiger partial charge in [0, 0.05) is 32.2 Å². The highest BCUT2D eigenvalue weighted by atomic mass is 16.1. The van der Waals surface area contributed by atoms with Crippen molar-refractivity contribution in [1.29, 1.82) is 0 Å². The topological polar surface area (TPSA) is 84.5 Å². The molecule has 7 nitrogen and oxygen atoms in total. The Morgan fingerprint density at radius 3 is 3.14 bits per heavy atom. The number of fused-ring (bicyclic) bond motifs is 1. The van der Waals surface area contributed by atoms with Crippen LogP contribution in [0.3, 0.4) is 0 Å². The van der Waals surface area contributed by atoms with Gasteiger partial charge in [0.2, 0.25) is 5.91 Å². The molecule has 2 aliphatic rings. The van der Waals surface area contributed by atoms with Crippen LogP contribution in [0.15, 0.2) is 16.6 Å². The lowest BCUT2D eigenvalue weighted by molar-refractivity contribution is -0.122. The minimum Gasteiger partial charge on any atom is -0.346 e. The Morgan fingerprint density at radius 2 is 2.38 bits per heavy atom. The number of hydrogen-bond donors (Lipinski definition) is 1. The summed E-state index contributed by atoms with van der Waals surface area (Å²) in [6, 6.07) is -0.0384. The summed E-state index contributed by atoms with van der Waals surface area (Å²) in [7, 11) is 0. The number of nitrogens with zero attached hydrogens (tertiary/aromatic N) is 5. The SMILES string of the molecule is C#CCCC1(CCC(=O)NC2CCCn3ncnc32)N=N1. The molecule has 1 amide bonds. The minimum atomic E-state index is -0.393. The Kier molecular flexibility index (Phi) is 3.69. The van der Waals surface area contributed by atoms with Gasteiger partial charge in [-0.2, -0.15) is 15.3 Å². The fourth-order valence-electron chi connectivity index (χ4n) is 2.67. The summed E-state index contributed by atoms with van der Waals surface area (Å²) < 4.78 is 1.86. The number of hydrogen-bond acceptors (Lipinski definition) is 5. The number of rotatable bonds is 6. The van der Waals surface area contributed by atoms with Gasteiger partial charge < -0.3 is 5.32 Å². The van der Waals surface area contributed by atoms with Crippen LogP contribution < -0.4 is 5.32 Å². The van der Waals surface area contributed by atoms with E-state index in [1.165, 1.54) is 6.33 Å². The highest BCUT2D eigenvalue weighted by Crippen LogP contribution is 2.37. The summed E-state index contributed by atoms with van der Waals surface area (Å²) in [5.41, 5.74) is -0.393. The van der Waals surface area contributed by atoms with E-state index in [0.717, 1.165) is 31.6 Å². The lowest BCUT2D eigenvalue weighted by Crippen LogP contribution is -2.33. The highest BCUT2D eigenvalue weighted by Gasteiger charge is 2.39. The second kappa shape index (κ2) is 5.64. The fraction of sp³-hybridized carbons (Fsp3) is 0.643. The summed E-state index contributed by atoms with van der Waals surface area (Å²) >= 11 is 0. The Labute approximate surface area is 123 Å². The van der Waals surface area contributed by atoms with Crippen molar-refractivity contribution in [3.8, 4) is 12.3 Å². The molecule has 1 N–H and O–H groups in total. The molecule has 0 spiro atoms. The zero-order valence-electron chi connectivity index (χ0n) is 11.8. The third-order valence-electron chi connectivity index (χ3n) is 3.96. The summed E-state index contributed by atoms with van der Waals surface area (Å²) in [5, 5.41) is 15.3. The molecule has 1 unspecified atom stereocenters. The molecule has 110 valence electrons. The van der Waals surface area contributed by atoms with E-state index in [4.69, 9.17) is 6.42 Å². The van der Waals surface area contributed by atoms with Crippen LogP contribution in [-0.4, -0.2) is 26.3 Å². The molecule has 3 heterocycles. The number of carbonyl (C=O) groups excluding carboxylic acids is 1. The molecular weight excluding hydrogens is 268 g/mol. The van der Waals surface area contributed by atoms with Crippen molar-refractivity contribution in [1.82, 2.24) is 20.1 Å². The van der Waals surface area contributed by atoms with Crippen molar-refractivity contribution in [2.75, 3.05) is 0 Å². The first-order valence-corrected chi connectivity index (χ1v) is 7.27. The molecule has 0 aromatic carbocycles. The molecule has 1 aromatic heterocycles. The molecule has 3 rings (SSSR count). The second-order valence-corrected chi connectivity index (χ2v) is 5.49. The van der Waals surface area contributed by atoms with Crippen LogP contribution in [0.25, 0.3) is 0 Å². The van der Waals surface area contributed by atoms with E-state index in [0.29, 0.717) is 19.3 Å². The van der Waals surface area contributed by atoms with Gasteiger partial charge >= 0.3 is 0 Å². The van der Waals surface area contributed by atoms with Crippen molar-refractivity contribution in [2.24, 2.45) is 10.2 Å². The number of aryl methyl sites for hydroxylation is 1. The van der Waals surface area contributed by atoms with E-state index in [-0.39, 0.29) is 11.9 Å². The van der Waals surface area contributed by atoms with E-state index >= 15 is 0 Å². The lowest BCUT2D eigenvalue weighted by atomic mass is 10.0. The standard InChI is InChI=1S/C14H18N6O/c1-2-3-7-14(18-19-14)8-6-12(21)17-11-5-4-9-20-13(11)15-10-16-20/h1,10-11H,3-9H2,(H,17,21). The van der Waals surface area contributed by atoms with Crippen molar-refractivity contribution in [3.63, 3.8) is 0 Å². The van der Waals surface area contributed by atoms with Crippen LogP contribution >= 0.6 is 0 Å². The van der Waals surface area contributed by atoms with Crippen LogP contribution in [0.5, 0.6) is 0 Å². The second-order valence-electron chi connectivity index (χ2n) is 5.49. The lowest BCUT2D eigenvalue weighted by Gasteiger charge is -2.23. The normalized spacial score (nSPS) is 21.4. The number of amides is 1. The van der Waals surface area contributed by atoms with Gasteiger partial charge in [-0.1, -0.05) is 0 Å². The molecule has 0 saturated carbocycles. The molecule has 0 radical (unpaired) electrons. The average Bonchev–Trinajstić information content (AvgIpc) is 3.09. The zero-order chi connectivity index (χ0) is 14.7. The van der Waals surface area contributed by atoms with Gasteiger partial charge in [0.15, 0.2) is 5.66 Å². The Morgan fingerprint density at radius 1 is 1.52 bits per heavy atom. The maximum Gasteiger partial charge on any atom is 0.220 e. The minimum absolute atomic E-state index is 0.00818. The van der Waals surface area contributed by atoms with Crippen molar-refractivity contribution in [3.05, 3.63) is 12.2 Å². The Balaban J connectivity index is 1.49. The first kappa shape index (κ1) is 13.7. The summed E-state index contributed by atoms with van der Waals surface area (Å²) in [6.45, 7) is 0.870. The van der Waals surface area contributed by atoms with Gasteiger partial charge in [-0.25, -0.2) is 9.67 Å². The maximum atomic E-state index is 12.1. The van der Waals surface area contributed by atoms with Gasteiger partial charge in [-0.05, 0) is 12.8 Å². The van der Waals surface area contributed by atoms with E-state index in [1.54, 1.807) is 0 Å². The van der Waals surface area contributed by atoms with Crippen molar-refractivity contribution < 1.29 is 4.79 Å². The van der Waals surface area contributed by atoms with E-state index in [9.17, 15) is 4.79 Å². The smallest absolute Gasteiger partial charge is 0.220 e. The number of aromatic nitrogens is 3. The van der Waals surface area contributed by atoms with Crippen molar-refractivity contribution >= 4 is 5.91 Å². The summed E-state index contributed by atoms with van der Waals surface area (Å²) in [4.78, 5) is 16.3. The molecular formula is C14H18N6O. The monoisotopic (exact) mass is 286 g/mol. The third kappa shape index (κ3) is 3.10. The largest absolute Gasteiger partial charge is 0.346 e. The predicted molar refractivity (Wildman–Crippen MR) is 75.0 cm³/mol. The first-order valence-electron chi connectivity index (χ1n) is 7.27. The van der Waals surface area contributed by atoms with Gasteiger partial charge in [0.25, 0.3) is 0 Å². The van der Waals surface area contributed by atoms with E-state index in [2.05, 4.69) is 31.5 Å². The van der Waals surface area contributed by atoms with Crippen molar-refractivity contribution in [2.45, 2.75) is 56.8 Å².